The van der Waals surface area contributed by atoms with Crippen LogP contribution in [0.3, 0.4) is 0 Å². The van der Waals surface area contributed by atoms with Crippen LogP contribution in [0, 0.1) is 0 Å². The van der Waals surface area contributed by atoms with Gasteiger partial charge in [0.15, 0.2) is 0 Å². The van der Waals surface area contributed by atoms with Crippen molar-refractivity contribution in [1.82, 2.24) is 34.9 Å². The second-order valence-corrected chi connectivity index (χ2v) is 18.0. The van der Waals surface area contributed by atoms with E-state index < -0.39 is 5.97 Å². The number of hydrogen-bond donors (Lipinski definition) is 4. The van der Waals surface area contributed by atoms with Crippen LogP contribution in [-0.2, 0) is 35.5 Å². The van der Waals surface area contributed by atoms with Gasteiger partial charge in [-0.2, -0.15) is 0 Å². The number of aromatic amines is 2. The molecule has 4 aromatic rings. The fraction of sp³-hybridized carbons (Fsp3) is 0.592. The van der Waals surface area contributed by atoms with Crippen molar-refractivity contribution in [2.24, 2.45) is 0 Å². The Bertz CT molecular complexity index is 2150. The van der Waals surface area contributed by atoms with Gasteiger partial charge >= 0.3 is 5.97 Å². The molecule has 12 heteroatoms. The van der Waals surface area contributed by atoms with Crippen LogP contribution in [0.15, 0.2) is 36.4 Å². The molecule has 12 nitrogen and oxygen atoms in total. The van der Waals surface area contributed by atoms with Gasteiger partial charge in [-0.3, -0.25) is 29.0 Å². The molecule has 0 bridgehead atoms. The average Bonchev–Trinajstić information content (AvgIpc) is 3.59. The van der Waals surface area contributed by atoms with E-state index in [1.54, 1.807) is 16.8 Å². The number of hydrogen-bond acceptors (Lipinski definition) is 6. The van der Waals surface area contributed by atoms with E-state index in [1.807, 2.05) is 31.3 Å². The molecule has 2 aromatic carbocycles. The predicted octanol–water partition coefficient (Wildman–Crippen LogP) is 8.28. The number of H-pyrrole nitrogens is 2. The smallest absolute Gasteiger partial charge is 0.303 e. The Morgan fingerprint density at radius 3 is 1.90 bits per heavy atom. The summed E-state index contributed by atoms with van der Waals surface area (Å²) < 4.78 is 0. The molecule has 2 aromatic heterocycles. The van der Waals surface area contributed by atoms with Crippen molar-refractivity contribution in [3.8, 4) is 0 Å². The number of benzene rings is 2. The molecule has 8 rings (SSSR count). The summed E-state index contributed by atoms with van der Waals surface area (Å²) in [5.41, 5.74) is 8.94. The third-order valence-electron chi connectivity index (χ3n) is 13.4. The molecule has 332 valence electrons. The number of carbonyl (C=O) groups excluding carboxylic acids is 3. The largest absolute Gasteiger partial charge is 0.481 e. The maximum Gasteiger partial charge on any atom is 0.303 e. The molecule has 1 unspecified atom stereocenters. The molecular weight excluding hydrogens is 767 g/mol. The second kappa shape index (κ2) is 20.9. The number of unbranched alkanes of at least 4 members (excludes halogenated alkanes) is 1. The summed E-state index contributed by atoms with van der Waals surface area (Å²) in [6.45, 7) is 9.70. The number of amides is 3. The predicted molar refractivity (Wildman–Crippen MR) is 244 cm³/mol. The molecular formula is C49H71N7O5. The Morgan fingerprint density at radius 1 is 0.787 bits per heavy atom. The molecule has 0 spiro atoms. The molecule has 4 heterocycles. The van der Waals surface area contributed by atoms with Gasteiger partial charge in [0.2, 0.25) is 5.91 Å². The normalized spacial score (nSPS) is 17.2. The van der Waals surface area contributed by atoms with Gasteiger partial charge in [-0.1, -0.05) is 40.0 Å². The number of rotatable bonds is 16. The van der Waals surface area contributed by atoms with Crippen molar-refractivity contribution < 1.29 is 24.3 Å². The lowest BCUT2D eigenvalue weighted by Crippen LogP contribution is -2.37. The zero-order valence-electron chi connectivity index (χ0n) is 36.4. The lowest BCUT2D eigenvalue weighted by atomic mass is 10.00. The fourth-order valence-corrected chi connectivity index (χ4v) is 9.49. The van der Waals surface area contributed by atoms with Crippen LogP contribution in [0.4, 0.5) is 0 Å². The highest BCUT2D eigenvalue weighted by atomic mass is 16.4. The highest BCUT2D eigenvalue weighted by molar-refractivity contribution is 6.00. The van der Waals surface area contributed by atoms with E-state index in [0.717, 1.165) is 79.9 Å². The number of nitrogens with zero attached hydrogens (tertiary/aromatic N) is 4. The van der Waals surface area contributed by atoms with Crippen LogP contribution in [0.5, 0.6) is 0 Å². The molecule has 61 heavy (non-hydrogen) atoms. The van der Waals surface area contributed by atoms with Crippen molar-refractivity contribution in [1.29, 1.82) is 0 Å². The van der Waals surface area contributed by atoms with Crippen molar-refractivity contribution in [3.63, 3.8) is 0 Å². The second-order valence-electron chi connectivity index (χ2n) is 18.0. The van der Waals surface area contributed by atoms with Crippen LogP contribution in [0.25, 0.3) is 21.8 Å². The minimum Gasteiger partial charge on any atom is -0.481 e. The minimum atomic E-state index is -0.830. The maximum absolute atomic E-state index is 13.0. The first-order valence-corrected chi connectivity index (χ1v) is 22.8. The van der Waals surface area contributed by atoms with E-state index in [1.165, 1.54) is 72.8 Å². The van der Waals surface area contributed by atoms with Gasteiger partial charge in [0.25, 0.3) is 11.8 Å². The van der Waals surface area contributed by atoms with E-state index >= 15 is 0 Å². The Labute approximate surface area is 362 Å². The van der Waals surface area contributed by atoms with Crippen LogP contribution < -0.4 is 5.32 Å². The Morgan fingerprint density at radius 2 is 1.34 bits per heavy atom. The lowest BCUT2D eigenvalue weighted by Gasteiger charge is -2.32. The Balaban J connectivity index is 0.000000201. The first-order valence-electron chi connectivity index (χ1n) is 22.8. The van der Waals surface area contributed by atoms with E-state index in [-0.39, 0.29) is 31.6 Å². The SMILES string of the molecule is C.CCCCC(C)N1CCc2[nH]c3ccc(C(=O)N(C)CCCC(=O)O)cc3c2C1.CN(CCCC(=O)NC1CC1)C(=O)c1ccc2[nH]c3c(c2c1)CN(C1CCCC1)CC3. The number of carbonyl (C=O) groups is 4. The molecule has 3 amide bonds. The standard InChI is InChI=1S/C25H34N4O2.C23H33N3O3.CH4/c1-28(13-4-7-24(30)26-18-9-10-18)25(31)17-8-11-22-20(15-17)21-16-29(14-12-23(21)27-22)19-5-2-3-6-19;1-4-5-7-16(2)26-13-11-21-19(15-26)18-14-17(9-10-20(18)24-21)23(29)25(3)12-6-8-22(27)28;/h8,11,15,18-19,27H,2-7,9-10,12-14,16H2,1H3,(H,26,30);9-10,14,16,24H,4-8,11-13,15H2,1-3H3,(H,27,28);1H4. The third-order valence-corrected chi connectivity index (χ3v) is 13.4. The van der Waals surface area contributed by atoms with Gasteiger partial charge in [0, 0.05) is 141 Å². The highest BCUT2D eigenvalue weighted by Gasteiger charge is 2.29. The quantitative estimate of drug-likeness (QED) is 0.0889. The molecule has 2 saturated carbocycles. The molecule has 0 saturated heterocycles. The van der Waals surface area contributed by atoms with Gasteiger partial charge in [0.05, 0.1) is 0 Å². The van der Waals surface area contributed by atoms with Crippen molar-refractivity contribution >= 4 is 45.5 Å². The molecule has 2 aliphatic heterocycles. The van der Waals surface area contributed by atoms with E-state index in [4.69, 9.17) is 5.11 Å². The van der Waals surface area contributed by atoms with Gasteiger partial charge in [0.1, 0.15) is 0 Å². The van der Waals surface area contributed by atoms with E-state index in [0.29, 0.717) is 50.0 Å². The van der Waals surface area contributed by atoms with Crippen molar-refractivity contribution in [2.75, 3.05) is 40.3 Å². The Hall–Kier alpha value is -4.68. The first-order chi connectivity index (χ1) is 29.0. The summed E-state index contributed by atoms with van der Waals surface area (Å²) in [6, 6.07) is 13.6. The number of carboxylic acids is 1. The number of aromatic nitrogens is 2. The zero-order chi connectivity index (χ0) is 42.3. The van der Waals surface area contributed by atoms with Gasteiger partial charge in [-0.25, -0.2) is 0 Å². The van der Waals surface area contributed by atoms with E-state index in [9.17, 15) is 19.2 Å². The topological polar surface area (TPSA) is 145 Å². The number of aliphatic carboxylic acids is 1. The third kappa shape index (κ3) is 11.4. The molecule has 4 N–H and O–H groups in total. The number of carboxylic acid groups (broad SMARTS) is 1. The average molecular weight is 838 g/mol. The lowest BCUT2D eigenvalue weighted by molar-refractivity contribution is -0.137. The van der Waals surface area contributed by atoms with Crippen LogP contribution in [0.1, 0.15) is 148 Å². The highest BCUT2D eigenvalue weighted by Crippen LogP contribution is 2.34. The monoisotopic (exact) mass is 838 g/mol. The summed E-state index contributed by atoms with van der Waals surface area (Å²) in [4.78, 5) is 64.1. The minimum absolute atomic E-state index is 0. The van der Waals surface area contributed by atoms with E-state index in [2.05, 4.69) is 51.1 Å². The first kappa shape index (κ1) is 45.8. The zero-order valence-corrected chi connectivity index (χ0v) is 36.4. The molecule has 4 aliphatic rings. The molecule has 2 aliphatic carbocycles. The Kier molecular flexibility index (Phi) is 15.7. The van der Waals surface area contributed by atoms with Crippen LogP contribution in [0.2, 0.25) is 0 Å². The van der Waals surface area contributed by atoms with Gasteiger partial charge in [-0.05, 0) is 99.4 Å². The van der Waals surface area contributed by atoms with Gasteiger partial charge in [-0.15, -0.1) is 0 Å². The summed E-state index contributed by atoms with van der Waals surface area (Å²) in [5, 5.41) is 14.1. The molecule has 0 radical (unpaired) electrons. The molecule has 1 atom stereocenters. The maximum atomic E-state index is 13.0. The molecule has 2 fully saturated rings. The van der Waals surface area contributed by atoms with Crippen LogP contribution in [-0.4, -0.2) is 117 Å². The van der Waals surface area contributed by atoms with Crippen molar-refractivity contribution in [3.05, 3.63) is 70.0 Å². The number of fused-ring (bicyclic) bond motifs is 6. The summed E-state index contributed by atoms with van der Waals surface area (Å²) >= 11 is 0. The van der Waals surface area contributed by atoms with Crippen molar-refractivity contribution in [2.45, 2.75) is 149 Å². The summed E-state index contributed by atoms with van der Waals surface area (Å²) in [7, 11) is 3.57. The summed E-state index contributed by atoms with van der Waals surface area (Å²) in [6.07, 6.45) is 15.1. The summed E-state index contributed by atoms with van der Waals surface area (Å²) in [5.74, 6) is -0.751. The van der Waals surface area contributed by atoms with Gasteiger partial charge < -0.3 is 30.2 Å². The number of nitrogens with one attached hydrogen (secondary N) is 3. The van der Waals surface area contributed by atoms with Crippen LogP contribution >= 0.6 is 0 Å². The fourth-order valence-electron chi connectivity index (χ4n) is 9.49.